The minimum Gasteiger partial charge on any atom is -0.506 e. The summed E-state index contributed by atoms with van der Waals surface area (Å²) in [5.74, 6) is 0.674. The van der Waals surface area contributed by atoms with Crippen LogP contribution in [0.5, 0.6) is 5.75 Å². The van der Waals surface area contributed by atoms with Crippen molar-refractivity contribution in [2.24, 2.45) is 0 Å². The summed E-state index contributed by atoms with van der Waals surface area (Å²) in [4.78, 5) is 0. The molecular weight excluding hydrogens is 230 g/mol. The van der Waals surface area contributed by atoms with Gasteiger partial charge in [0.15, 0.2) is 0 Å². The van der Waals surface area contributed by atoms with E-state index < -0.39 is 0 Å². The van der Waals surface area contributed by atoms with Gasteiger partial charge in [-0.15, -0.1) is 0 Å². The van der Waals surface area contributed by atoms with Crippen LogP contribution in [-0.4, -0.2) is 18.7 Å². The van der Waals surface area contributed by atoms with E-state index in [1.54, 1.807) is 0 Å². The zero-order valence-electron chi connectivity index (χ0n) is 7.84. The molecule has 1 rings (SSSR count). The maximum Gasteiger partial charge on any atom is 0.133 e. The SMILES string of the molecule is CNCC(C)c1cccc(Br)c1O. The largest absolute Gasteiger partial charge is 0.506 e. The van der Waals surface area contributed by atoms with Crippen LogP contribution in [0.2, 0.25) is 0 Å². The van der Waals surface area contributed by atoms with Crippen molar-refractivity contribution in [3.63, 3.8) is 0 Å². The molecule has 1 aromatic rings. The minimum absolute atomic E-state index is 0.322. The summed E-state index contributed by atoms with van der Waals surface area (Å²) in [6.45, 7) is 2.95. The van der Waals surface area contributed by atoms with E-state index in [0.29, 0.717) is 11.7 Å². The molecule has 0 aromatic heterocycles. The van der Waals surface area contributed by atoms with Gasteiger partial charge in [-0.25, -0.2) is 0 Å². The summed E-state index contributed by atoms with van der Waals surface area (Å²) in [7, 11) is 1.91. The fraction of sp³-hybridized carbons (Fsp3) is 0.400. The van der Waals surface area contributed by atoms with Gasteiger partial charge in [0.25, 0.3) is 0 Å². The first-order valence-corrected chi connectivity index (χ1v) is 5.08. The van der Waals surface area contributed by atoms with E-state index >= 15 is 0 Å². The third-order valence-electron chi connectivity index (χ3n) is 2.06. The van der Waals surface area contributed by atoms with Gasteiger partial charge >= 0.3 is 0 Å². The fourth-order valence-corrected chi connectivity index (χ4v) is 1.73. The van der Waals surface area contributed by atoms with Crippen molar-refractivity contribution in [1.29, 1.82) is 0 Å². The summed E-state index contributed by atoms with van der Waals surface area (Å²) in [5, 5.41) is 12.8. The highest BCUT2D eigenvalue weighted by Crippen LogP contribution is 2.32. The first-order valence-electron chi connectivity index (χ1n) is 4.28. The Hall–Kier alpha value is -0.540. The van der Waals surface area contributed by atoms with Crippen LogP contribution in [0.25, 0.3) is 0 Å². The van der Waals surface area contributed by atoms with E-state index in [0.717, 1.165) is 16.6 Å². The Kier molecular flexibility index (Phi) is 3.75. The summed E-state index contributed by atoms with van der Waals surface area (Å²) in [5.41, 5.74) is 0.976. The van der Waals surface area contributed by atoms with Gasteiger partial charge in [0.2, 0.25) is 0 Å². The lowest BCUT2D eigenvalue weighted by molar-refractivity contribution is 0.458. The molecule has 0 fully saturated rings. The molecule has 0 spiro atoms. The van der Waals surface area contributed by atoms with Gasteiger partial charge in [0.05, 0.1) is 4.47 Å². The van der Waals surface area contributed by atoms with Crippen LogP contribution in [0.1, 0.15) is 18.4 Å². The molecule has 13 heavy (non-hydrogen) atoms. The van der Waals surface area contributed by atoms with Crippen molar-refractivity contribution in [3.05, 3.63) is 28.2 Å². The van der Waals surface area contributed by atoms with Crippen molar-refractivity contribution in [2.45, 2.75) is 12.8 Å². The lowest BCUT2D eigenvalue weighted by Gasteiger charge is -2.13. The lowest BCUT2D eigenvalue weighted by atomic mass is 10.0. The number of benzene rings is 1. The van der Waals surface area contributed by atoms with Gasteiger partial charge in [-0.1, -0.05) is 19.1 Å². The van der Waals surface area contributed by atoms with Crippen molar-refractivity contribution < 1.29 is 5.11 Å². The Labute approximate surface area is 87.1 Å². The molecular formula is C10H14BrNO. The highest BCUT2D eigenvalue weighted by Gasteiger charge is 2.10. The van der Waals surface area contributed by atoms with E-state index in [9.17, 15) is 5.11 Å². The molecule has 2 nitrogen and oxygen atoms in total. The monoisotopic (exact) mass is 243 g/mol. The number of phenols is 1. The molecule has 0 radical (unpaired) electrons. The number of para-hydroxylation sites is 1. The number of hydrogen-bond donors (Lipinski definition) is 2. The molecule has 0 heterocycles. The third-order valence-corrected chi connectivity index (χ3v) is 2.70. The van der Waals surface area contributed by atoms with E-state index in [-0.39, 0.29) is 0 Å². The second-order valence-corrected chi connectivity index (χ2v) is 3.99. The second kappa shape index (κ2) is 4.63. The maximum atomic E-state index is 9.72. The predicted molar refractivity (Wildman–Crippen MR) is 58.1 cm³/mol. The molecule has 0 aliphatic rings. The van der Waals surface area contributed by atoms with Crippen LogP contribution in [0.3, 0.4) is 0 Å². The smallest absolute Gasteiger partial charge is 0.133 e. The van der Waals surface area contributed by atoms with Gasteiger partial charge < -0.3 is 10.4 Å². The van der Waals surface area contributed by atoms with Crippen molar-refractivity contribution in [1.82, 2.24) is 5.32 Å². The van der Waals surface area contributed by atoms with Crippen LogP contribution in [0, 0.1) is 0 Å². The number of likely N-dealkylation sites (N-methyl/N-ethyl adjacent to an activating group) is 1. The summed E-state index contributed by atoms with van der Waals surface area (Å²) < 4.78 is 0.757. The number of aromatic hydroxyl groups is 1. The minimum atomic E-state index is 0.322. The van der Waals surface area contributed by atoms with E-state index in [4.69, 9.17) is 0 Å². The summed E-state index contributed by atoms with van der Waals surface area (Å²) in [6.07, 6.45) is 0. The molecule has 72 valence electrons. The van der Waals surface area contributed by atoms with Crippen LogP contribution in [-0.2, 0) is 0 Å². The van der Waals surface area contributed by atoms with Crippen LogP contribution < -0.4 is 5.32 Å². The molecule has 1 aromatic carbocycles. The normalized spacial score (nSPS) is 12.8. The van der Waals surface area contributed by atoms with E-state index in [1.165, 1.54) is 0 Å². The van der Waals surface area contributed by atoms with Crippen molar-refractivity contribution in [3.8, 4) is 5.75 Å². The number of rotatable bonds is 3. The first kappa shape index (κ1) is 10.5. The average Bonchev–Trinajstić information content (AvgIpc) is 2.10. The third kappa shape index (κ3) is 2.45. The zero-order chi connectivity index (χ0) is 9.84. The Balaban J connectivity index is 2.93. The molecule has 0 aliphatic carbocycles. The van der Waals surface area contributed by atoms with Crippen LogP contribution >= 0.6 is 15.9 Å². The number of nitrogens with one attached hydrogen (secondary N) is 1. The summed E-state index contributed by atoms with van der Waals surface area (Å²) in [6, 6.07) is 5.72. The average molecular weight is 244 g/mol. The molecule has 1 atom stereocenters. The molecule has 0 saturated carbocycles. The van der Waals surface area contributed by atoms with Crippen molar-refractivity contribution >= 4 is 15.9 Å². The van der Waals surface area contributed by atoms with Gasteiger partial charge in [0, 0.05) is 6.54 Å². The van der Waals surface area contributed by atoms with Crippen LogP contribution in [0.15, 0.2) is 22.7 Å². The summed E-state index contributed by atoms with van der Waals surface area (Å²) >= 11 is 3.30. The molecule has 0 bridgehead atoms. The second-order valence-electron chi connectivity index (χ2n) is 3.14. The molecule has 3 heteroatoms. The highest BCUT2D eigenvalue weighted by atomic mass is 79.9. The Morgan fingerprint density at radius 1 is 1.54 bits per heavy atom. The van der Waals surface area contributed by atoms with Crippen LogP contribution in [0.4, 0.5) is 0 Å². The van der Waals surface area contributed by atoms with Gasteiger partial charge in [-0.3, -0.25) is 0 Å². The topological polar surface area (TPSA) is 32.3 Å². The molecule has 0 aliphatic heterocycles. The lowest BCUT2D eigenvalue weighted by Crippen LogP contribution is -2.14. The van der Waals surface area contributed by atoms with Crippen molar-refractivity contribution in [2.75, 3.05) is 13.6 Å². The zero-order valence-corrected chi connectivity index (χ0v) is 9.43. The number of hydrogen-bond acceptors (Lipinski definition) is 2. The Morgan fingerprint density at radius 3 is 2.85 bits per heavy atom. The Morgan fingerprint density at radius 2 is 2.23 bits per heavy atom. The quantitative estimate of drug-likeness (QED) is 0.856. The van der Waals surface area contributed by atoms with Gasteiger partial charge in [-0.05, 0) is 40.5 Å². The molecule has 2 N–H and O–H groups in total. The maximum absolute atomic E-state index is 9.72. The van der Waals surface area contributed by atoms with E-state index in [1.807, 2.05) is 25.2 Å². The van der Waals surface area contributed by atoms with Gasteiger partial charge in [0.1, 0.15) is 5.75 Å². The fourth-order valence-electron chi connectivity index (χ4n) is 1.35. The molecule has 1 unspecified atom stereocenters. The highest BCUT2D eigenvalue weighted by molar-refractivity contribution is 9.10. The standard InChI is InChI=1S/C10H14BrNO/c1-7(6-12-2)8-4-3-5-9(11)10(8)13/h3-5,7,12-13H,6H2,1-2H3. The molecule has 0 amide bonds. The number of phenolic OH excluding ortho intramolecular Hbond substituents is 1. The predicted octanol–water partition coefficient (Wildman–Crippen LogP) is 2.48. The number of halogens is 1. The van der Waals surface area contributed by atoms with Gasteiger partial charge in [-0.2, -0.15) is 0 Å². The van der Waals surface area contributed by atoms with E-state index in [2.05, 4.69) is 28.2 Å². The first-order chi connectivity index (χ1) is 6.16. The molecule has 0 saturated heterocycles. The Bertz CT molecular complexity index is 288.